The van der Waals surface area contributed by atoms with Crippen LogP contribution in [0.1, 0.15) is 59.3 Å². The molecule has 3 heteroatoms. The standard InChI is InChI=1S/C18H26O2S/c1-17(2,3)15-10-21(19,20)11-16(15)18-7-12-4-13(8-18)6-14(5-12)9-18/h10-14H,4-9H2,1-3H3. The van der Waals surface area contributed by atoms with Gasteiger partial charge in [-0.25, -0.2) is 8.42 Å². The Balaban J connectivity index is 1.81. The molecule has 0 amide bonds. The van der Waals surface area contributed by atoms with Crippen LogP contribution in [0.4, 0.5) is 0 Å². The average Bonchev–Trinajstić information content (AvgIpc) is 2.64. The number of hydrogen-bond acceptors (Lipinski definition) is 2. The van der Waals surface area contributed by atoms with Crippen molar-refractivity contribution in [3.63, 3.8) is 0 Å². The van der Waals surface area contributed by atoms with E-state index in [0.29, 0.717) is 0 Å². The molecule has 2 nitrogen and oxygen atoms in total. The van der Waals surface area contributed by atoms with Gasteiger partial charge in [-0.2, -0.15) is 0 Å². The van der Waals surface area contributed by atoms with Crippen molar-refractivity contribution >= 4 is 9.84 Å². The summed E-state index contributed by atoms with van der Waals surface area (Å²) < 4.78 is 24.5. The average molecular weight is 306 g/mol. The number of hydrogen-bond donors (Lipinski definition) is 0. The zero-order valence-corrected chi connectivity index (χ0v) is 14.2. The van der Waals surface area contributed by atoms with Crippen molar-refractivity contribution in [2.24, 2.45) is 28.6 Å². The van der Waals surface area contributed by atoms with Crippen LogP contribution in [0.5, 0.6) is 0 Å². The molecule has 0 spiro atoms. The molecule has 0 atom stereocenters. The first-order valence-electron chi connectivity index (χ1n) is 8.37. The third-order valence-electron chi connectivity index (χ3n) is 6.27. The Kier molecular flexibility index (Phi) is 2.70. The van der Waals surface area contributed by atoms with Gasteiger partial charge in [0.05, 0.1) is 0 Å². The van der Waals surface area contributed by atoms with Crippen molar-refractivity contribution in [3.8, 4) is 0 Å². The van der Waals surface area contributed by atoms with Crippen LogP contribution < -0.4 is 0 Å². The first kappa shape index (κ1) is 14.0. The first-order chi connectivity index (χ1) is 9.67. The Hall–Kier alpha value is -0.570. The maximum absolute atomic E-state index is 12.2. The molecule has 4 fully saturated rings. The fourth-order valence-electron chi connectivity index (χ4n) is 5.92. The Morgan fingerprint density at radius 3 is 1.86 bits per heavy atom. The molecule has 21 heavy (non-hydrogen) atoms. The van der Waals surface area contributed by atoms with Crippen LogP contribution in [0, 0.1) is 28.6 Å². The molecule has 1 aliphatic heterocycles. The molecule has 4 aliphatic carbocycles. The number of rotatable bonds is 1. The van der Waals surface area contributed by atoms with E-state index in [2.05, 4.69) is 20.8 Å². The van der Waals surface area contributed by atoms with Crippen LogP contribution >= 0.6 is 0 Å². The summed E-state index contributed by atoms with van der Waals surface area (Å²) in [6.45, 7) is 6.44. The minimum atomic E-state index is -3.15. The van der Waals surface area contributed by atoms with Gasteiger partial charge < -0.3 is 0 Å². The summed E-state index contributed by atoms with van der Waals surface area (Å²) in [7, 11) is -3.15. The molecule has 0 unspecified atom stereocenters. The third-order valence-corrected chi connectivity index (χ3v) is 7.40. The van der Waals surface area contributed by atoms with Gasteiger partial charge in [-0.1, -0.05) is 20.8 Å². The van der Waals surface area contributed by atoms with Gasteiger partial charge in [0.1, 0.15) is 0 Å². The van der Waals surface area contributed by atoms with Crippen molar-refractivity contribution in [1.82, 2.24) is 0 Å². The largest absolute Gasteiger partial charge is 0.220 e. The molecule has 5 aliphatic rings. The maximum atomic E-state index is 12.2. The van der Waals surface area contributed by atoms with Crippen molar-refractivity contribution in [3.05, 3.63) is 22.0 Å². The van der Waals surface area contributed by atoms with Gasteiger partial charge in [0, 0.05) is 10.8 Å². The molecular formula is C18H26O2S. The predicted molar refractivity (Wildman–Crippen MR) is 85.1 cm³/mol. The molecule has 116 valence electrons. The lowest BCUT2D eigenvalue weighted by atomic mass is 9.47. The smallest absolute Gasteiger partial charge is 0.193 e. The van der Waals surface area contributed by atoms with E-state index in [-0.39, 0.29) is 10.8 Å². The van der Waals surface area contributed by atoms with Crippen LogP contribution in [0.3, 0.4) is 0 Å². The molecule has 5 rings (SSSR count). The molecular weight excluding hydrogens is 280 g/mol. The SMILES string of the molecule is CC(C)(C)C1=CS(=O)(=O)C=C1C12CC3CC(CC(C3)C1)C2. The van der Waals surface area contributed by atoms with E-state index >= 15 is 0 Å². The van der Waals surface area contributed by atoms with Crippen LogP contribution in [0.2, 0.25) is 0 Å². The molecule has 0 aromatic heterocycles. The van der Waals surface area contributed by atoms with Crippen LogP contribution in [-0.4, -0.2) is 8.42 Å². The lowest BCUT2D eigenvalue weighted by molar-refractivity contribution is -0.0299. The quantitative estimate of drug-likeness (QED) is 0.717. The molecule has 0 aromatic rings. The van der Waals surface area contributed by atoms with Gasteiger partial charge in [-0.15, -0.1) is 0 Å². The highest BCUT2D eigenvalue weighted by Gasteiger charge is 2.54. The summed E-state index contributed by atoms with van der Waals surface area (Å²) >= 11 is 0. The van der Waals surface area contributed by atoms with Crippen LogP contribution in [0.15, 0.2) is 22.0 Å². The monoisotopic (exact) mass is 306 g/mol. The van der Waals surface area contributed by atoms with Gasteiger partial charge >= 0.3 is 0 Å². The summed E-state index contributed by atoms with van der Waals surface area (Å²) in [6.07, 6.45) is 7.88. The maximum Gasteiger partial charge on any atom is 0.193 e. The summed E-state index contributed by atoms with van der Waals surface area (Å²) in [4.78, 5) is 0. The minimum Gasteiger partial charge on any atom is -0.220 e. The Bertz CT molecular complexity index is 608. The van der Waals surface area contributed by atoms with E-state index in [4.69, 9.17) is 0 Å². The lowest BCUT2D eigenvalue weighted by Gasteiger charge is -2.58. The number of allylic oxidation sites excluding steroid dienone is 2. The van der Waals surface area contributed by atoms with Gasteiger partial charge in [0.15, 0.2) is 9.84 Å². The second-order valence-electron chi connectivity index (χ2n) is 9.10. The second-order valence-corrected chi connectivity index (χ2v) is 10.7. The molecule has 4 bridgehead atoms. The van der Waals surface area contributed by atoms with Crippen molar-refractivity contribution in [2.75, 3.05) is 0 Å². The van der Waals surface area contributed by atoms with E-state index in [1.807, 2.05) is 0 Å². The molecule has 0 radical (unpaired) electrons. The zero-order valence-electron chi connectivity index (χ0n) is 13.4. The van der Waals surface area contributed by atoms with Gasteiger partial charge in [0.25, 0.3) is 0 Å². The Morgan fingerprint density at radius 1 is 0.952 bits per heavy atom. The zero-order chi connectivity index (χ0) is 15.0. The molecule has 4 saturated carbocycles. The van der Waals surface area contributed by atoms with Crippen molar-refractivity contribution in [2.45, 2.75) is 59.3 Å². The molecule has 0 N–H and O–H groups in total. The molecule has 1 heterocycles. The summed E-state index contributed by atoms with van der Waals surface area (Å²) in [5, 5.41) is 3.18. The molecule has 0 saturated heterocycles. The third kappa shape index (κ3) is 2.15. The van der Waals surface area contributed by atoms with Gasteiger partial charge in [-0.05, 0) is 78.3 Å². The van der Waals surface area contributed by atoms with Gasteiger partial charge in [-0.3, -0.25) is 0 Å². The predicted octanol–water partition coefficient (Wildman–Crippen LogP) is 4.45. The van der Waals surface area contributed by atoms with Crippen molar-refractivity contribution in [1.29, 1.82) is 0 Å². The van der Waals surface area contributed by atoms with E-state index < -0.39 is 9.84 Å². The summed E-state index contributed by atoms with van der Waals surface area (Å²) in [5.74, 6) is 2.55. The van der Waals surface area contributed by atoms with Crippen molar-refractivity contribution < 1.29 is 8.42 Å². The number of sulfone groups is 1. The summed E-state index contributed by atoms with van der Waals surface area (Å²) in [5.41, 5.74) is 2.37. The normalized spacial score (nSPS) is 43.9. The second kappa shape index (κ2) is 4.04. The topological polar surface area (TPSA) is 34.1 Å². The minimum absolute atomic E-state index is 0.0846. The fraction of sp³-hybridized carbons (Fsp3) is 0.778. The lowest BCUT2D eigenvalue weighted by Crippen LogP contribution is -2.47. The highest BCUT2D eigenvalue weighted by molar-refractivity contribution is 7.97. The van der Waals surface area contributed by atoms with Crippen LogP contribution in [0.25, 0.3) is 0 Å². The first-order valence-corrected chi connectivity index (χ1v) is 9.98. The van der Waals surface area contributed by atoms with E-state index in [1.165, 1.54) is 44.1 Å². The fourth-order valence-corrected chi connectivity index (χ4v) is 7.50. The highest BCUT2D eigenvalue weighted by atomic mass is 32.2. The molecule has 0 aromatic carbocycles. The van der Waals surface area contributed by atoms with Crippen LogP contribution in [-0.2, 0) is 9.84 Å². The summed E-state index contributed by atoms with van der Waals surface area (Å²) in [6, 6.07) is 0. The van der Waals surface area contributed by atoms with Gasteiger partial charge in [0.2, 0.25) is 0 Å². The Labute approximate surface area is 128 Å². The Morgan fingerprint density at radius 2 is 1.43 bits per heavy atom. The highest BCUT2D eigenvalue weighted by Crippen LogP contribution is 2.65. The van der Waals surface area contributed by atoms with E-state index in [0.717, 1.165) is 23.3 Å². The van der Waals surface area contributed by atoms with E-state index in [1.54, 1.807) is 10.8 Å². The van der Waals surface area contributed by atoms with E-state index in [9.17, 15) is 8.42 Å².